The average Bonchev–Trinajstić information content (AvgIpc) is 3.15. The number of carbonyl (C=O) groups excluding carboxylic acids is 1. The van der Waals surface area contributed by atoms with E-state index in [-0.39, 0.29) is 5.97 Å². The first kappa shape index (κ1) is 23.2. The van der Waals surface area contributed by atoms with Gasteiger partial charge in [-0.25, -0.2) is 4.79 Å². The number of carbonyl (C=O) groups is 1. The molecule has 0 atom stereocenters. The first-order chi connectivity index (χ1) is 14.1. The summed E-state index contributed by atoms with van der Waals surface area (Å²) in [5.74, 6) is 0.676. The van der Waals surface area contributed by atoms with Gasteiger partial charge in [0.25, 0.3) is 0 Å². The Balaban J connectivity index is 1.43. The van der Waals surface area contributed by atoms with Gasteiger partial charge in [-0.1, -0.05) is 45.1 Å². The molecule has 1 aromatic carbocycles. The van der Waals surface area contributed by atoms with Crippen molar-refractivity contribution in [3.05, 3.63) is 53.4 Å². The lowest BCUT2D eigenvalue weighted by Crippen LogP contribution is -2.05. The van der Waals surface area contributed by atoms with Gasteiger partial charge in [-0.2, -0.15) is 0 Å². The van der Waals surface area contributed by atoms with E-state index in [9.17, 15) is 4.79 Å². The Morgan fingerprint density at radius 1 is 0.862 bits per heavy atom. The topological polar surface area (TPSA) is 35.5 Å². The van der Waals surface area contributed by atoms with Crippen molar-refractivity contribution < 1.29 is 14.3 Å². The van der Waals surface area contributed by atoms with Crippen molar-refractivity contribution in [2.24, 2.45) is 0 Å². The van der Waals surface area contributed by atoms with E-state index in [1.807, 2.05) is 11.3 Å². The van der Waals surface area contributed by atoms with E-state index in [1.165, 1.54) is 47.4 Å². The molecule has 0 amide bonds. The first-order valence-corrected chi connectivity index (χ1v) is 11.5. The molecule has 0 N–H and O–H groups in total. The molecule has 0 aliphatic rings. The second kappa shape index (κ2) is 13.2. The number of hydrogen-bond acceptors (Lipinski definition) is 4. The van der Waals surface area contributed by atoms with Crippen LogP contribution in [0.25, 0.3) is 10.4 Å². The van der Waals surface area contributed by atoms with E-state index in [2.05, 4.69) is 49.9 Å². The molecule has 0 aliphatic carbocycles. The fraction of sp³-hybridized carbons (Fsp3) is 0.480. The third-order valence-corrected chi connectivity index (χ3v) is 5.82. The second-order valence-electron chi connectivity index (χ2n) is 7.53. The molecule has 0 spiro atoms. The first-order valence-electron chi connectivity index (χ1n) is 10.7. The summed E-state index contributed by atoms with van der Waals surface area (Å²) in [4.78, 5) is 13.9. The van der Waals surface area contributed by atoms with Crippen LogP contribution in [0.5, 0.6) is 5.75 Å². The minimum atomic E-state index is -0.277. The van der Waals surface area contributed by atoms with Crippen molar-refractivity contribution in [1.82, 2.24) is 0 Å². The van der Waals surface area contributed by atoms with Crippen LogP contribution in [0.1, 0.15) is 63.2 Å². The van der Waals surface area contributed by atoms with Gasteiger partial charge in [-0.3, -0.25) is 0 Å². The molecule has 3 nitrogen and oxygen atoms in total. The van der Waals surface area contributed by atoms with Crippen LogP contribution >= 0.6 is 11.3 Å². The maximum absolute atomic E-state index is 11.2. The van der Waals surface area contributed by atoms with Gasteiger partial charge in [0.05, 0.1) is 13.2 Å². The number of aryl methyl sites for hydroxylation is 1. The maximum Gasteiger partial charge on any atom is 0.333 e. The van der Waals surface area contributed by atoms with Crippen molar-refractivity contribution >= 4 is 17.3 Å². The molecule has 0 fully saturated rings. The van der Waals surface area contributed by atoms with Crippen LogP contribution in [0.2, 0.25) is 0 Å². The summed E-state index contributed by atoms with van der Waals surface area (Å²) >= 11 is 1.82. The molecule has 0 saturated carbocycles. The Labute approximate surface area is 179 Å². The van der Waals surface area contributed by atoms with Gasteiger partial charge in [0.2, 0.25) is 0 Å². The number of rotatable bonds is 14. The van der Waals surface area contributed by atoms with E-state index in [4.69, 9.17) is 9.47 Å². The SMILES string of the molecule is C=C(C)C(=O)OCCCCCCCCCCOc1ccc(-c2ccc(C)s2)cc1. The molecule has 2 rings (SSSR count). The summed E-state index contributed by atoms with van der Waals surface area (Å²) in [5, 5.41) is 0. The van der Waals surface area contributed by atoms with E-state index in [0.717, 1.165) is 31.6 Å². The lowest BCUT2D eigenvalue weighted by Gasteiger charge is -2.07. The standard InChI is InChI=1S/C25H34O3S/c1-20(2)25(26)28-19-11-9-7-5-4-6-8-10-18-27-23-15-13-22(14-16-23)24-17-12-21(3)29-24/h12-17H,1,4-11,18-19H2,2-3H3. The maximum atomic E-state index is 11.2. The summed E-state index contributed by atoms with van der Waals surface area (Å²) in [7, 11) is 0. The van der Waals surface area contributed by atoms with Gasteiger partial charge in [0.1, 0.15) is 5.75 Å². The average molecular weight is 415 g/mol. The molecule has 0 bridgehead atoms. The zero-order chi connectivity index (χ0) is 20.9. The Morgan fingerprint density at radius 2 is 1.45 bits per heavy atom. The molecule has 4 heteroatoms. The van der Waals surface area contributed by atoms with Crippen LogP contribution in [0.3, 0.4) is 0 Å². The lowest BCUT2D eigenvalue weighted by molar-refractivity contribution is -0.139. The Morgan fingerprint density at radius 3 is 2.00 bits per heavy atom. The van der Waals surface area contributed by atoms with Crippen LogP contribution in [0.4, 0.5) is 0 Å². The molecule has 0 saturated heterocycles. The molecular formula is C25H34O3S. The van der Waals surface area contributed by atoms with Crippen LogP contribution in [0, 0.1) is 6.92 Å². The second-order valence-corrected chi connectivity index (χ2v) is 8.82. The zero-order valence-corrected chi connectivity index (χ0v) is 18.7. The highest BCUT2D eigenvalue weighted by atomic mass is 32.1. The summed E-state index contributed by atoms with van der Waals surface area (Å²) in [6.45, 7) is 8.68. The molecule has 0 radical (unpaired) electrons. The van der Waals surface area contributed by atoms with Gasteiger partial charge < -0.3 is 9.47 Å². The van der Waals surface area contributed by atoms with E-state index in [0.29, 0.717) is 12.2 Å². The molecule has 158 valence electrons. The fourth-order valence-corrected chi connectivity index (χ4v) is 3.92. The normalized spacial score (nSPS) is 10.7. The molecule has 29 heavy (non-hydrogen) atoms. The monoisotopic (exact) mass is 414 g/mol. The van der Waals surface area contributed by atoms with Gasteiger partial charge in [0.15, 0.2) is 0 Å². The summed E-state index contributed by atoms with van der Waals surface area (Å²) < 4.78 is 11.0. The summed E-state index contributed by atoms with van der Waals surface area (Å²) in [6, 6.07) is 12.7. The highest BCUT2D eigenvalue weighted by molar-refractivity contribution is 7.15. The summed E-state index contributed by atoms with van der Waals surface area (Å²) in [6.07, 6.45) is 9.35. The molecule has 1 aromatic heterocycles. The van der Waals surface area contributed by atoms with E-state index >= 15 is 0 Å². The van der Waals surface area contributed by atoms with Crippen molar-refractivity contribution in [3.8, 4) is 16.2 Å². The smallest absolute Gasteiger partial charge is 0.333 e. The lowest BCUT2D eigenvalue weighted by atomic mass is 10.1. The molecule has 2 aromatic rings. The highest BCUT2D eigenvalue weighted by Crippen LogP contribution is 2.29. The van der Waals surface area contributed by atoms with Crippen molar-refractivity contribution in [1.29, 1.82) is 0 Å². The molecule has 0 aliphatic heterocycles. The fourth-order valence-electron chi connectivity index (χ4n) is 3.05. The van der Waals surface area contributed by atoms with Gasteiger partial charge in [0, 0.05) is 15.3 Å². The quantitative estimate of drug-likeness (QED) is 0.184. The van der Waals surface area contributed by atoms with Gasteiger partial charge >= 0.3 is 5.97 Å². The van der Waals surface area contributed by atoms with Crippen LogP contribution in [-0.4, -0.2) is 19.2 Å². The number of thiophene rings is 1. The minimum Gasteiger partial charge on any atom is -0.494 e. The molecule has 1 heterocycles. The highest BCUT2D eigenvalue weighted by Gasteiger charge is 2.03. The number of hydrogen-bond donors (Lipinski definition) is 0. The predicted octanol–water partition coefficient (Wildman–Crippen LogP) is 7.34. The number of ether oxygens (including phenoxy) is 2. The van der Waals surface area contributed by atoms with Crippen molar-refractivity contribution in [2.45, 2.75) is 65.2 Å². The largest absolute Gasteiger partial charge is 0.494 e. The van der Waals surface area contributed by atoms with Gasteiger partial charge in [-0.15, -0.1) is 11.3 Å². The third-order valence-electron chi connectivity index (χ3n) is 4.77. The minimum absolute atomic E-state index is 0.277. The zero-order valence-electron chi connectivity index (χ0n) is 17.9. The Bertz CT molecular complexity index is 746. The Hall–Kier alpha value is -2.07. The van der Waals surface area contributed by atoms with Gasteiger partial charge in [-0.05, 0) is 68.7 Å². The number of benzene rings is 1. The van der Waals surface area contributed by atoms with Crippen LogP contribution < -0.4 is 4.74 Å². The number of esters is 1. The molecule has 0 unspecified atom stereocenters. The number of unbranched alkanes of at least 4 members (excludes halogenated alkanes) is 7. The van der Waals surface area contributed by atoms with Crippen molar-refractivity contribution in [2.75, 3.05) is 13.2 Å². The molecular weight excluding hydrogens is 380 g/mol. The van der Waals surface area contributed by atoms with Crippen LogP contribution in [0.15, 0.2) is 48.6 Å². The van der Waals surface area contributed by atoms with E-state index < -0.39 is 0 Å². The Kier molecular flexibility index (Phi) is 10.6. The van der Waals surface area contributed by atoms with Crippen molar-refractivity contribution in [3.63, 3.8) is 0 Å². The predicted molar refractivity (Wildman–Crippen MR) is 123 cm³/mol. The summed E-state index contributed by atoms with van der Waals surface area (Å²) in [5.41, 5.74) is 1.73. The van der Waals surface area contributed by atoms with E-state index in [1.54, 1.807) is 6.92 Å². The van der Waals surface area contributed by atoms with Crippen LogP contribution in [-0.2, 0) is 9.53 Å². The third kappa shape index (κ3) is 9.31.